The molecule has 21 heavy (non-hydrogen) atoms. The number of likely N-dealkylation sites (N-methyl/N-ethyl adjacent to an activating group) is 1. The van der Waals surface area contributed by atoms with Crippen molar-refractivity contribution in [1.82, 2.24) is 10.2 Å². The smallest absolute Gasteiger partial charge is 0.255 e. The van der Waals surface area contributed by atoms with Crippen LogP contribution >= 0.6 is 15.9 Å². The number of carbonyl (C=O) groups is 2. The van der Waals surface area contributed by atoms with Crippen molar-refractivity contribution in [3.8, 4) is 5.75 Å². The van der Waals surface area contributed by atoms with E-state index in [1.165, 1.54) is 14.0 Å². The van der Waals surface area contributed by atoms with Gasteiger partial charge in [0.1, 0.15) is 5.75 Å². The van der Waals surface area contributed by atoms with Gasteiger partial charge in [0, 0.05) is 42.8 Å². The highest BCUT2D eigenvalue weighted by Crippen LogP contribution is 2.28. The fourth-order valence-electron chi connectivity index (χ4n) is 1.85. The molecular weight excluding hydrogens is 338 g/mol. The number of hydrogen-bond acceptors (Lipinski definition) is 4. The van der Waals surface area contributed by atoms with Gasteiger partial charge in [-0.1, -0.05) is 0 Å². The lowest BCUT2D eigenvalue weighted by atomic mass is 10.1. The molecule has 0 heterocycles. The van der Waals surface area contributed by atoms with Crippen molar-refractivity contribution in [2.75, 3.05) is 32.5 Å². The third-order valence-electron chi connectivity index (χ3n) is 3.06. The Morgan fingerprint density at radius 3 is 2.62 bits per heavy atom. The minimum Gasteiger partial charge on any atom is -0.496 e. The molecule has 0 radical (unpaired) electrons. The number of nitrogens with two attached hydrogens (primary N) is 1. The largest absolute Gasteiger partial charge is 0.496 e. The molecule has 0 aliphatic rings. The Balaban J connectivity index is 2.72. The molecule has 0 aliphatic carbocycles. The molecule has 6 nitrogen and oxygen atoms in total. The quantitative estimate of drug-likeness (QED) is 0.758. The molecular formula is C14H20BrN3O3. The van der Waals surface area contributed by atoms with Crippen LogP contribution in [0.2, 0.25) is 0 Å². The van der Waals surface area contributed by atoms with Gasteiger partial charge in [0.2, 0.25) is 5.91 Å². The highest BCUT2D eigenvalue weighted by atomic mass is 79.9. The lowest BCUT2D eigenvalue weighted by molar-refractivity contribution is -0.128. The van der Waals surface area contributed by atoms with Gasteiger partial charge in [-0.05, 0) is 28.9 Å². The molecule has 2 amide bonds. The molecule has 0 aromatic heterocycles. The summed E-state index contributed by atoms with van der Waals surface area (Å²) in [7, 11) is 1.48. The molecule has 0 atom stereocenters. The standard InChI is InChI=1S/C14H20BrN3O3/c1-4-18(9(2)19)6-5-17-14(20)10-7-11(15)12(16)8-13(10)21-3/h7-8H,4-6,16H2,1-3H3,(H,17,20). The van der Waals surface area contributed by atoms with Crippen molar-refractivity contribution >= 4 is 33.4 Å². The second-order valence-corrected chi connectivity index (χ2v) is 5.28. The van der Waals surface area contributed by atoms with E-state index in [-0.39, 0.29) is 11.8 Å². The van der Waals surface area contributed by atoms with Crippen molar-refractivity contribution in [3.05, 3.63) is 22.2 Å². The summed E-state index contributed by atoms with van der Waals surface area (Å²) in [6.45, 7) is 4.85. The molecule has 3 N–H and O–H groups in total. The van der Waals surface area contributed by atoms with E-state index < -0.39 is 0 Å². The molecule has 116 valence electrons. The Labute approximate surface area is 132 Å². The molecule has 1 aromatic rings. The molecule has 1 rings (SSSR count). The second kappa shape index (κ2) is 7.87. The number of nitrogen functional groups attached to an aromatic ring is 1. The molecule has 7 heteroatoms. The zero-order valence-corrected chi connectivity index (χ0v) is 14.0. The summed E-state index contributed by atoms with van der Waals surface area (Å²) in [4.78, 5) is 25.1. The SMILES string of the molecule is CCN(CCNC(=O)c1cc(Br)c(N)cc1OC)C(C)=O. The first-order chi connectivity index (χ1) is 9.90. The van der Waals surface area contributed by atoms with Crippen molar-refractivity contribution < 1.29 is 14.3 Å². The minimum atomic E-state index is -0.271. The van der Waals surface area contributed by atoms with E-state index in [0.717, 1.165) is 0 Å². The van der Waals surface area contributed by atoms with Crippen LogP contribution in [0.15, 0.2) is 16.6 Å². The molecule has 0 bridgehead atoms. The highest BCUT2D eigenvalue weighted by molar-refractivity contribution is 9.10. The summed E-state index contributed by atoms with van der Waals surface area (Å²) in [5.74, 6) is 0.124. The molecule has 0 fully saturated rings. The van der Waals surface area contributed by atoms with Crippen molar-refractivity contribution in [2.24, 2.45) is 0 Å². The number of halogens is 1. The Hall–Kier alpha value is -1.76. The van der Waals surface area contributed by atoms with E-state index in [9.17, 15) is 9.59 Å². The normalized spacial score (nSPS) is 10.1. The predicted molar refractivity (Wildman–Crippen MR) is 85.4 cm³/mol. The topological polar surface area (TPSA) is 84.7 Å². The minimum absolute atomic E-state index is 0.0143. The number of amides is 2. The van der Waals surface area contributed by atoms with Gasteiger partial charge in [0.25, 0.3) is 5.91 Å². The first-order valence-corrected chi connectivity index (χ1v) is 7.36. The molecule has 0 spiro atoms. The Kier molecular flexibility index (Phi) is 6.48. The number of benzene rings is 1. The van der Waals surface area contributed by atoms with Crippen LogP contribution in [-0.4, -0.2) is 43.5 Å². The molecule has 1 aromatic carbocycles. The van der Waals surface area contributed by atoms with E-state index >= 15 is 0 Å². The summed E-state index contributed by atoms with van der Waals surface area (Å²) < 4.78 is 5.79. The number of methoxy groups -OCH3 is 1. The summed E-state index contributed by atoms with van der Waals surface area (Å²) in [5.41, 5.74) is 6.64. The lowest BCUT2D eigenvalue weighted by Crippen LogP contribution is -2.37. The summed E-state index contributed by atoms with van der Waals surface area (Å²) in [6, 6.07) is 3.21. The summed E-state index contributed by atoms with van der Waals surface area (Å²) in [6.07, 6.45) is 0. The average molecular weight is 358 g/mol. The van der Waals surface area contributed by atoms with Gasteiger partial charge < -0.3 is 20.7 Å². The van der Waals surface area contributed by atoms with Gasteiger partial charge in [-0.25, -0.2) is 0 Å². The van der Waals surface area contributed by atoms with Gasteiger partial charge >= 0.3 is 0 Å². The van der Waals surface area contributed by atoms with E-state index in [2.05, 4.69) is 21.2 Å². The molecule has 0 unspecified atom stereocenters. The molecule has 0 aliphatic heterocycles. The number of carbonyl (C=O) groups excluding carboxylic acids is 2. The predicted octanol–water partition coefficient (Wildman–Crippen LogP) is 1.64. The van der Waals surface area contributed by atoms with Crippen LogP contribution in [0.3, 0.4) is 0 Å². The van der Waals surface area contributed by atoms with Gasteiger partial charge in [-0.3, -0.25) is 9.59 Å². The number of anilines is 1. The summed E-state index contributed by atoms with van der Waals surface area (Å²) in [5, 5.41) is 2.77. The van der Waals surface area contributed by atoms with Crippen LogP contribution in [0.1, 0.15) is 24.2 Å². The third kappa shape index (κ3) is 4.63. The zero-order valence-electron chi connectivity index (χ0n) is 12.4. The van der Waals surface area contributed by atoms with Gasteiger partial charge in [0.05, 0.1) is 12.7 Å². The Bertz CT molecular complexity index is 534. The van der Waals surface area contributed by atoms with E-state index in [0.29, 0.717) is 41.1 Å². The van der Waals surface area contributed by atoms with Gasteiger partial charge in [0.15, 0.2) is 0 Å². The molecule has 0 saturated heterocycles. The highest BCUT2D eigenvalue weighted by Gasteiger charge is 2.15. The Morgan fingerprint density at radius 2 is 2.10 bits per heavy atom. The maximum Gasteiger partial charge on any atom is 0.255 e. The van der Waals surface area contributed by atoms with E-state index in [4.69, 9.17) is 10.5 Å². The third-order valence-corrected chi connectivity index (χ3v) is 3.74. The van der Waals surface area contributed by atoms with Crippen molar-refractivity contribution in [1.29, 1.82) is 0 Å². The van der Waals surface area contributed by atoms with Crippen LogP contribution < -0.4 is 15.8 Å². The fraction of sp³-hybridized carbons (Fsp3) is 0.429. The van der Waals surface area contributed by atoms with Crippen LogP contribution in [-0.2, 0) is 4.79 Å². The lowest BCUT2D eigenvalue weighted by Gasteiger charge is -2.19. The number of nitrogens with one attached hydrogen (secondary N) is 1. The van der Waals surface area contributed by atoms with Gasteiger partial charge in [-0.15, -0.1) is 0 Å². The van der Waals surface area contributed by atoms with E-state index in [1.54, 1.807) is 17.0 Å². The van der Waals surface area contributed by atoms with Crippen LogP contribution in [0.4, 0.5) is 5.69 Å². The fourth-order valence-corrected chi connectivity index (χ4v) is 2.20. The van der Waals surface area contributed by atoms with Crippen LogP contribution in [0.5, 0.6) is 5.75 Å². The Morgan fingerprint density at radius 1 is 1.43 bits per heavy atom. The second-order valence-electron chi connectivity index (χ2n) is 4.43. The first-order valence-electron chi connectivity index (χ1n) is 6.57. The number of rotatable bonds is 6. The van der Waals surface area contributed by atoms with Crippen LogP contribution in [0.25, 0.3) is 0 Å². The maximum atomic E-state index is 12.2. The van der Waals surface area contributed by atoms with Crippen molar-refractivity contribution in [2.45, 2.75) is 13.8 Å². The number of nitrogens with zero attached hydrogens (tertiary/aromatic N) is 1. The van der Waals surface area contributed by atoms with Crippen molar-refractivity contribution in [3.63, 3.8) is 0 Å². The molecule has 0 saturated carbocycles. The maximum absolute atomic E-state index is 12.2. The zero-order chi connectivity index (χ0) is 16.0. The van der Waals surface area contributed by atoms with Crippen LogP contribution in [0, 0.1) is 0 Å². The monoisotopic (exact) mass is 357 g/mol. The number of ether oxygens (including phenoxy) is 1. The summed E-state index contributed by atoms with van der Waals surface area (Å²) >= 11 is 3.29. The number of hydrogen-bond donors (Lipinski definition) is 2. The average Bonchev–Trinajstić information content (AvgIpc) is 2.45. The van der Waals surface area contributed by atoms with E-state index in [1.807, 2.05) is 6.92 Å². The first kappa shape index (κ1) is 17.3. The van der Waals surface area contributed by atoms with Gasteiger partial charge in [-0.2, -0.15) is 0 Å².